The molecule has 2 heterocycles. The third-order valence-electron chi connectivity index (χ3n) is 6.30. The first kappa shape index (κ1) is 22.2. The van der Waals surface area contributed by atoms with Gasteiger partial charge in [-0.3, -0.25) is 4.79 Å². The minimum atomic E-state index is -0.200. The lowest BCUT2D eigenvalue weighted by atomic mass is 10.1. The number of nitriles is 1. The molecule has 8 heteroatoms. The Morgan fingerprint density at radius 3 is 2.66 bits per heavy atom. The molecule has 1 amide bonds. The number of aryl methyl sites for hydroxylation is 2. The number of hydrogen-bond acceptors (Lipinski definition) is 6. The average Bonchev–Trinajstić information content (AvgIpc) is 3.50. The fraction of sp³-hybridized carbons (Fsp3) is 0.417. The van der Waals surface area contributed by atoms with Crippen LogP contribution in [0.2, 0.25) is 0 Å². The monoisotopic (exact) mass is 449 g/mol. The van der Waals surface area contributed by atoms with Crippen LogP contribution in [0.1, 0.15) is 59.7 Å². The van der Waals surface area contributed by atoms with Crippen LogP contribution in [0, 0.1) is 39.0 Å². The second kappa shape index (κ2) is 9.21. The standard InChI is InChI=1S/C24H27N5O2S/c1-14-9-10-18(11-15(14)2)23-27-28-24(31-23)32-13-21(30)26-22-20(12-25)16(3)17(4)29(22)19-7-5-6-8-19/h9-11,19H,5-8,13H2,1-4H3,(H,26,30). The SMILES string of the molecule is Cc1ccc(-c2nnc(SCC(=O)Nc3c(C#N)c(C)c(C)n3C3CCCC3)o2)cc1C. The van der Waals surface area contributed by atoms with Crippen LogP contribution in [0.25, 0.3) is 11.5 Å². The molecular weight excluding hydrogens is 422 g/mol. The van der Waals surface area contributed by atoms with Crippen LogP contribution in [0.3, 0.4) is 0 Å². The summed E-state index contributed by atoms with van der Waals surface area (Å²) in [5.74, 6) is 0.965. The Kier molecular flexibility index (Phi) is 6.38. The molecule has 0 aliphatic heterocycles. The van der Waals surface area contributed by atoms with Crippen LogP contribution < -0.4 is 5.32 Å². The molecule has 1 aromatic carbocycles. The smallest absolute Gasteiger partial charge is 0.277 e. The second-order valence-electron chi connectivity index (χ2n) is 8.36. The summed E-state index contributed by atoms with van der Waals surface area (Å²) in [7, 11) is 0. The van der Waals surface area contributed by atoms with E-state index in [1.165, 1.54) is 30.2 Å². The quantitative estimate of drug-likeness (QED) is 0.500. The number of thioether (sulfide) groups is 1. The predicted octanol–water partition coefficient (Wildman–Crippen LogP) is 5.49. The number of amides is 1. The van der Waals surface area contributed by atoms with Crippen molar-refractivity contribution in [1.82, 2.24) is 14.8 Å². The Labute approximate surface area is 192 Å². The number of carbonyl (C=O) groups excluding carboxylic acids is 1. The molecule has 0 saturated heterocycles. The fourth-order valence-electron chi connectivity index (χ4n) is 4.26. The van der Waals surface area contributed by atoms with E-state index in [-0.39, 0.29) is 11.7 Å². The Bertz CT molecular complexity index is 1200. The van der Waals surface area contributed by atoms with Crippen molar-refractivity contribution in [2.24, 2.45) is 0 Å². The summed E-state index contributed by atoms with van der Waals surface area (Å²) in [5, 5.41) is 21.2. The van der Waals surface area contributed by atoms with E-state index in [2.05, 4.69) is 33.1 Å². The summed E-state index contributed by atoms with van der Waals surface area (Å²) in [4.78, 5) is 12.8. The van der Waals surface area contributed by atoms with Gasteiger partial charge >= 0.3 is 0 Å². The van der Waals surface area contributed by atoms with Crippen molar-refractivity contribution in [3.8, 4) is 17.5 Å². The van der Waals surface area contributed by atoms with Crippen LogP contribution in [0.4, 0.5) is 5.82 Å². The summed E-state index contributed by atoms with van der Waals surface area (Å²) >= 11 is 1.19. The number of aromatic nitrogens is 3. The number of hydrogen-bond donors (Lipinski definition) is 1. The zero-order chi connectivity index (χ0) is 22.8. The molecule has 1 N–H and O–H groups in total. The summed E-state index contributed by atoms with van der Waals surface area (Å²) in [5.41, 5.74) is 5.73. The van der Waals surface area contributed by atoms with E-state index in [0.717, 1.165) is 35.2 Å². The zero-order valence-corrected chi connectivity index (χ0v) is 19.7. The van der Waals surface area contributed by atoms with Gasteiger partial charge in [0.1, 0.15) is 11.9 Å². The van der Waals surface area contributed by atoms with E-state index >= 15 is 0 Å². The number of carbonyl (C=O) groups is 1. The molecule has 2 aromatic heterocycles. The van der Waals surface area contributed by atoms with Crippen molar-refractivity contribution in [2.75, 3.05) is 11.1 Å². The van der Waals surface area contributed by atoms with Crippen LogP contribution in [-0.2, 0) is 4.79 Å². The van der Waals surface area contributed by atoms with Gasteiger partial charge in [0.25, 0.3) is 5.22 Å². The number of anilines is 1. The van der Waals surface area contributed by atoms with E-state index in [1.807, 2.05) is 39.0 Å². The lowest BCUT2D eigenvalue weighted by Gasteiger charge is -2.19. The molecule has 0 unspecified atom stereocenters. The summed E-state index contributed by atoms with van der Waals surface area (Å²) in [6.45, 7) is 8.05. The van der Waals surface area contributed by atoms with E-state index < -0.39 is 0 Å². The highest BCUT2D eigenvalue weighted by atomic mass is 32.2. The van der Waals surface area contributed by atoms with Crippen molar-refractivity contribution in [3.63, 3.8) is 0 Å². The molecule has 0 radical (unpaired) electrons. The van der Waals surface area contributed by atoms with Gasteiger partial charge in [-0.05, 0) is 69.4 Å². The normalized spacial score (nSPS) is 14.0. The Hall–Kier alpha value is -3.05. The van der Waals surface area contributed by atoms with Crippen molar-refractivity contribution in [2.45, 2.75) is 64.6 Å². The van der Waals surface area contributed by atoms with Crippen LogP contribution in [0.15, 0.2) is 27.8 Å². The summed E-state index contributed by atoms with van der Waals surface area (Å²) < 4.78 is 7.89. The molecule has 1 aliphatic rings. The van der Waals surface area contributed by atoms with Gasteiger partial charge in [-0.2, -0.15) is 5.26 Å². The van der Waals surface area contributed by atoms with Gasteiger partial charge in [-0.1, -0.05) is 30.7 Å². The Morgan fingerprint density at radius 1 is 1.22 bits per heavy atom. The van der Waals surface area contributed by atoms with Crippen molar-refractivity contribution >= 4 is 23.5 Å². The number of rotatable bonds is 6. The molecule has 166 valence electrons. The lowest BCUT2D eigenvalue weighted by Crippen LogP contribution is -2.19. The molecule has 7 nitrogen and oxygen atoms in total. The molecule has 1 aliphatic carbocycles. The first-order valence-corrected chi connectivity index (χ1v) is 11.8. The third-order valence-corrected chi connectivity index (χ3v) is 7.12. The molecular formula is C24H27N5O2S. The second-order valence-corrected chi connectivity index (χ2v) is 9.29. The minimum absolute atomic E-state index is 0.118. The van der Waals surface area contributed by atoms with Crippen molar-refractivity contribution in [3.05, 3.63) is 46.1 Å². The maximum atomic E-state index is 12.8. The van der Waals surface area contributed by atoms with Gasteiger partial charge in [0.15, 0.2) is 0 Å². The minimum Gasteiger partial charge on any atom is -0.411 e. The number of benzene rings is 1. The molecule has 4 rings (SSSR count). The molecule has 0 atom stereocenters. The lowest BCUT2D eigenvalue weighted by molar-refractivity contribution is -0.113. The largest absolute Gasteiger partial charge is 0.411 e. The van der Waals surface area contributed by atoms with Crippen molar-refractivity contribution in [1.29, 1.82) is 5.26 Å². The topological polar surface area (TPSA) is 96.7 Å². The van der Waals surface area contributed by atoms with E-state index in [0.29, 0.717) is 28.5 Å². The maximum Gasteiger partial charge on any atom is 0.277 e. The highest BCUT2D eigenvalue weighted by Crippen LogP contribution is 2.37. The van der Waals surface area contributed by atoms with E-state index in [4.69, 9.17) is 4.42 Å². The Morgan fingerprint density at radius 2 is 1.97 bits per heavy atom. The van der Waals surface area contributed by atoms with E-state index in [9.17, 15) is 10.1 Å². The number of nitrogens with zero attached hydrogens (tertiary/aromatic N) is 4. The highest BCUT2D eigenvalue weighted by Gasteiger charge is 2.26. The zero-order valence-electron chi connectivity index (χ0n) is 18.9. The Balaban J connectivity index is 1.46. The van der Waals surface area contributed by atoms with Crippen LogP contribution in [0.5, 0.6) is 0 Å². The molecule has 32 heavy (non-hydrogen) atoms. The third kappa shape index (κ3) is 4.30. The molecule has 1 saturated carbocycles. The highest BCUT2D eigenvalue weighted by molar-refractivity contribution is 7.99. The fourth-order valence-corrected chi connectivity index (χ4v) is 4.82. The van der Waals surface area contributed by atoms with Gasteiger partial charge < -0.3 is 14.3 Å². The van der Waals surface area contributed by atoms with Crippen LogP contribution in [-0.4, -0.2) is 26.4 Å². The molecule has 0 bridgehead atoms. The molecule has 1 fully saturated rings. The average molecular weight is 450 g/mol. The molecule has 0 spiro atoms. The van der Waals surface area contributed by atoms with Crippen LogP contribution >= 0.6 is 11.8 Å². The molecule has 3 aromatic rings. The van der Waals surface area contributed by atoms with Gasteiger partial charge in [-0.15, -0.1) is 10.2 Å². The van der Waals surface area contributed by atoms with Crippen molar-refractivity contribution < 1.29 is 9.21 Å². The predicted molar refractivity (Wildman–Crippen MR) is 125 cm³/mol. The first-order valence-electron chi connectivity index (χ1n) is 10.8. The van der Waals surface area contributed by atoms with Gasteiger partial charge in [-0.25, -0.2) is 0 Å². The van der Waals surface area contributed by atoms with Gasteiger partial charge in [0, 0.05) is 17.3 Å². The number of nitrogens with one attached hydrogen (secondary N) is 1. The van der Waals surface area contributed by atoms with E-state index in [1.54, 1.807) is 0 Å². The first-order chi connectivity index (χ1) is 15.4. The maximum absolute atomic E-state index is 12.8. The summed E-state index contributed by atoms with van der Waals surface area (Å²) in [6.07, 6.45) is 4.49. The summed E-state index contributed by atoms with van der Waals surface area (Å²) in [6, 6.07) is 8.58. The van der Waals surface area contributed by atoms with Gasteiger partial charge in [0.2, 0.25) is 11.8 Å². The van der Waals surface area contributed by atoms with Gasteiger partial charge in [0.05, 0.1) is 11.3 Å².